The average Bonchev–Trinajstić information content (AvgIpc) is 3.31. The molecule has 0 radical (unpaired) electrons. The summed E-state index contributed by atoms with van der Waals surface area (Å²) >= 11 is 0. The van der Waals surface area contributed by atoms with Gasteiger partial charge >= 0.3 is 5.76 Å². The number of nitrogens with zero attached hydrogens (tertiary/aromatic N) is 5. The minimum Gasteiger partial charge on any atom is -0.365 e. The molecular formula is C25H35N7O2. The van der Waals surface area contributed by atoms with Gasteiger partial charge in [0.05, 0.1) is 0 Å². The van der Waals surface area contributed by atoms with Crippen LogP contribution in [0.15, 0.2) is 9.32 Å². The van der Waals surface area contributed by atoms with Crippen molar-refractivity contribution < 1.29 is 4.52 Å². The molecule has 0 aliphatic heterocycles. The van der Waals surface area contributed by atoms with Crippen LogP contribution in [0, 0.1) is 17.8 Å². The molecule has 3 fully saturated rings. The molecule has 2 N–H and O–H groups in total. The molecule has 1 atom stereocenters. The van der Waals surface area contributed by atoms with Gasteiger partial charge < -0.3 is 9.88 Å². The van der Waals surface area contributed by atoms with Gasteiger partial charge in [0.2, 0.25) is 11.6 Å². The molecule has 3 saturated carbocycles. The van der Waals surface area contributed by atoms with Gasteiger partial charge in [-0.3, -0.25) is 9.51 Å². The molecule has 34 heavy (non-hydrogen) atoms. The molecule has 3 aliphatic carbocycles. The first-order valence-electron chi connectivity index (χ1n) is 13.2. The zero-order chi connectivity index (χ0) is 23.2. The summed E-state index contributed by atoms with van der Waals surface area (Å²) in [7, 11) is 0. The summed E-state index contributed by atoms with van der Waals surface area (Å²) in [5, 5.41) is 7.55. The van der Waals surface area contributed by atoms with Crippen LogP contribution in [0.3, 0.4) is 0 Å². The molecule has 1 unspecified atom stereocenters. The fraction of sp³-hybridized carbons (Fsp3) is 0.720. The van der Waals surface area contributed by atoms with Crippen molar-refractivity contribution >= 4 is 17.0 Å². The molecule has 3 aliphatic rings. The SMILES string of the molecule is CC1CCC(Cn2c(C3CCC3)nc3nc(-c4noc(=O)[nH]4)nc(NC(C)C4CCC4)c32)CC1. The molecule has 0 spiro atoms. The lowest BCUT2D eigenvalue weighted by molar-refractivity contribution is 0.260. The summed E-state index contributed by atoms with van der Waals surface area (Å²) in [5.74, 6) is 4.57. The highest BCUT2D eigenvalue weighted by atomic mass is 16.5. The summed E-state index contributed by atoms with van der Waals surface area (Å²) in [6, 6.07) is 0.307. The second kappa shape index (κ2) is 8.82. The minimum atomic E-state index is -0.608. The van der Waals surface area contributed by atoms with Crippen LogP contribution in [-0.4, -0.2) is 35.7 Å². The number of imidazole rings is 1. The molecule has 0 aromatic carbocycles. The Morgan fingerprint density at radius 2 is 1.82 bits per heavy atom. The van der Waals surface area contributed by atoms with E-state index in [1.807, 2.05) is 0 Å². The normalized spacial score (nSPS) is 24.6. The summed E-state index contributed by atoms with van der Waals surface area (Å²) in [6.07, 6.45) is 12.6. The second-order valence-electron chi connectivity index (χ2n) is 11.0. The summed E-state index contributed by atoms with van der Waals surface area (Å²) in [6.45, 7) is 5.59. The smallest absolute Gasteiger partial charge is 0.365 e. The summed E-state index contributed by atoms with van der Waals surface area (Å²) < 4.78 is 7.17. The number of nitrogens with one attached hydrogen (secondary N) is 2. The maximum absolute atomic E-state index is 11.6. The highest BCUT2D eigenvalue weighted by Crippen LogP contribution is 2.40. The lowest BCUT2D eigenvalue weighted by Crippen LogP contribution is -2.31. The Balaban J connectivity index is 1.45. The predicted octanol–water partition coefficient (Wildman–Crippen LogP) is 4.86. The molecule has 6 rings (SSSR count). The van der Waals surface area contributed by atoms with E-state index in [0.717, 1.165) is 29.6 Å². The van der Waals surface area contributed by atoms with Gasteiger partial charge in [0.15, 0.2) is 11.5 Å². The van der Waals surface area contributed by atoms with E-state index in [1.165, 1.54) is 64.2 Å². The highest BCUT2D eigenvalue weighted by molar-refractivity contribution is 5.85. The standard InChI is InChI=1S/C25H35N7O2/c1-14-9-11-16(12-10-14)13-32-19-20(26-15(2)17-5-3-6-17)27-22(23-30-25(33)34-31-23)28-21(19)29-24(32)18-7-4-8-18/h14-18H,3-13H2,1-2H3,(H,26,27,28)(H,30,31,33). The molecule has 182 valence electrons. The Morgan fingerprint density at radius 1 is 1.06 bits per heavy atom. The third-order valence-corrected chi connectivity index (χ3v) is 8.55. The number of H-pyrrole nitrogens is 1. The van der Waals surface area contributed by atoms with Crippen LogP contribution in [0.5, 0.6) is 0 Å². The fourth-order valence-electron chi connectivity index (χ4n) is 5.79. The number of rotatable bonds is 7. The van der Waals surface area contributed by atoms with Gasteiger partial charge in [-0.25, -0.2) is 19.7 Å². The zero-order valence-corrected chi connectivity index (χ0v) is 20.2. The van der Waals surface area contributed by atoms with E-state index in [2.05, 4.69) is 33.9 Å². The van der Waals surface area contributed by atoms with Gasteiger partial charge in [-0.2, -0.15) is 0 Å². The van der Waals surface area contributed by atoms with Crippen molar-refractivity contribution in [1.82, 2.24) is 29.7 Å². The molecule has 3 aromatic rings. The molecule has 0 saturated heterocycles. The van der Waals surface area contributed by atoms with Crippen LogP contribution in [0.25, 0.3) is 22.8 Å². The maximum Gasteiger partial charge on any atom is 0.439 e. The highest BCUT2D eigenvalue weighted by Gasteiger charge is 2.31. The molecule has 9 heteroatoms. The first-order chi connectivity index (χ1) is 16.5. The number of hydrogen-bond acceptors (Lipinski definition) is 7. The molecule has 0 bridgehead atoms. The van der Waals surface area contributed by atoms with Crippen molar-refractivity contribution in [3.8, 4) is 11.6 Å². The molecule has 3 heterocycles. The van der Waals surface area contributed by atoms with Crippen molar-refractivity contribution in [3.63, 3.8) is 0 Å². The van der Waals surface area contributed by atoms with Crippen molar-refractivity contribution in [2.24, 2.45) is 17.8 Å². The number of fused-ring (bicyclic) bond motifs is 1. The quantitative estimate of drug-likeness (QED) is 0.512. The first-order valence-corrected chi connectivity index (χ1v) is 13.2. The number of aromatic amines is 1. The van der Waals surface area contributed by atoms with E-state index in [4.69, 9.17) is 19.5 Å². The van der Waals surface area contributed by atoms with E-state index in [1.54, 1.807) is 0 Å². The van der Waals surface area contributed by atoms with E-state index in [-0.39, 0.29) is 5.82 Å². The largest absolute Gasteiger partial charge is 0.439 e. The van der Waals surface area contributed by atoms with Crippen LogP contribution in [0.2, 0.25) is 0 Å². The van der Waals surface area contributed by atoms with Gasteiger partial charge in [-0.15, -0.1) is 0 Å². The Bertz CT molecular complexity index is 1210. The van der Waals surface area contributed by atoms with E-state index in [9.17, 15) is 4.79 Å². The van der Waals surface area contributed by atoms with Gasteiger partial charge in [-0.05, 0) is 63.2 Å². The van der Waals surface area contributed by atoms with Gasteiger partial charge in [0.25, 0.3) is 0 Å². The van der Waals surface area contributed by atoms with Gasteiger partial charge in [0, 0.05) is 18.5 Å². The average molecular weight is 466 g/mol. The Morgan fingerprint density at radius 3 is 2.44 bits per heavy atom. The van der Waals surface area contributed by atoms with Gasteiger partial charge in [-0.1, -0.05) is 37.8 Å². The Kier molecular flexibility index (Phi) is 5.65. The minimum absolute atomic E-state index is 0.243. The van der Waals surface area contributed by atoms with E-state index in [0.29, 0.717) is 35.3 Å². The summed E-state index contributed by atoms with van der Waals surface area (Å²) in [5.41, 5.74) is 1.68. The number of aromatic nitrogens is 6. The lowest BCUT2D eigenvalue weighted by Gasteiger charge is -2.33. The Labute approximate surface area is 199 Å². The van der Waals surface area contributed by atoms with Crippen LogP contribution < -0.4 is 11.1 Å². The van der Waals surface area contributed by atoms with Crippen molar-refractivity contribution in [3.05, 3.63) is 16.4 Å². The van der Waals surface area contributed by atoms with Crippen LogP contribution in [-0.2, 0) is 6.54 Å². The van der Waals surface area contributed by atoms with Crippen LogP contribution in [0.4, 0.5) is 5.82 Å². The number of anilines is 1. The van der Waals surface area contributed by atoms with Crippen LogP contribution in [0.1, 0.15) is 89.8 Å². The molecule has 9 nitrogen and oxygen atoms in total. The monoisotopic (exact) mass is 465 g/mol. The molecular weight excluding hydrogens is 430 g/mol. The maximum atomic E-state index is 11.6. The van der Waals surface area contributed by atoms with Crippen molar-refractivity contribution in [2.45, 2.75) is 96.6 Å². The fourth-order valence-corrected chi connectivity index (χ4v) is 5.79. The van der Waals surface area contributed by atoms with Crippen molar-refractivity contribution in [2.75, 3.05) is 5.32 Å². The number of hydrogen-bond donors (Lipinski definition) is 2. The van der Waals surface area contributed by atoms with E-state index < -0.39 is 5.76 Å². The van der Waals surface area contributed by atoms with Gasteiger partial charge in [0.1, 0.15) is 11.3 Å². The predicted molar refractivity (Wildman–Crippen MR) is 130 cm³/mol. The Hall–Kier alpha value is -2.71. The third-order valence-electron chi connectivity index (χ3n) is 8.55. The zero-order valence-electron chi connectivity index (χ0n) is 20.2. The van der Waals surface area contributed by atoms with Crippen molar-refractivity contribution in [1.29, 1.82) is 0 Å². The second-order valence-corrected chi connectivity index (χ2v) is 11.0. The van der Waals surface area contributed by atoms with E-state index >= 15 is 0 Å². The summed E-state index contributed by atoms with van der Waals surface area (Å²) in [4.78, 5) is 28.9. The molecule has 3 aromatic heterocycles. The first kappa shape index (κ1) is 21.8. The topological polar surface area (TPSA) is 115 Å². The molecule has 0 amide bonds. The van der Waals surface area contributed by atoms with Crippen LogP contribution >= 0.6 is 0 Å². The lowest BCUT2D eigenvalue weighted by atomic mass is 9.80. The third kappa shape index (κ3) is 4.03.